The number of allylic oxidation sites excluding steroid dienone is 2. The van der Waals surface area contributed by atoms with E-state index >= 15 is 0 Å². The van der Waals surface area contributed by atoms with Crippen LogP contribution in [-0.4, -0.2) is 16.2 Å². The zero-order valence-corrected chi connectivity index (χ0v) is 9.76. The molecule has 1 aliphatic carbocycles. The van der Waals surface area contributed by atoms with E-state index in [9.17, 15) is 9.90 Å². The molecule has 0 amide bonds. The van der Waals surface area contributed by atoms with Crippen molar-refractivity contribution >= 4 is 11.5 Å². The minimum absolute atomic E-state index is 0.154. The van der Waals surface area contributed by atoms with E-state index in [1.807, 2.05) is 25.1 Å². The highest BCUT2D eigenvalue weighted by atomic mass is 16.4. The minimum atomic E-state index is -0.710. The zero-order chi connectivity index (χ0) is 12.4. The second-order valence-corrected chi connectivity index (χ2v) is 4.64. The predicted octanol–water partition coefficient (Wildman–Crippen LogP) is 2.91. The lowest BCUT2D eigenvalue weighted by molar-refractivity contribution is -0.143. The van der Waals surface area contributed by atoms with Gasteiger partial charge in [-0.3, -0.25) is 4.79 Å². The van der Waals surface area contributed by atoms with Gasteiger partial charge in [-0.2, -0.15) is 0 Å². The largest absolute Gasteiger partial charge is 0.508 e. The van der Waals surface area contributed by atoms with Gasteiger partial charge in [0.1, 0.15) is 5.75 Å². The van der Waals surface area contributed by atoms with Crippen molar-refractivity contribution in [2.45, 2.75) is 19.8 Å². The minimum Gasteiger partial charge on any atom is -0.508 e. The summed E-state index contributed by atoms with van der Waals surface area (Å²) in [5, 5.41) is 18.3. The van der Waals surface area contributed by atoms with Crippen molar-refractivity contribution in [3.8, 4) is 5.75 Å². The molecule has 0 saturated carbocycles. The van der Waals surface area contributed by atoms with Crippen molar-refractivity contribution in [3.63, 3.8) is 0 Å². The van der Waals surface area contributed by atoms with Crippen molar-refractivity contribution in [1.82, 2.24) is 0 Å². The number of carboxylic acids is 1. The summed E-state index contributed by atoms with van der Waals surface area (Å²) in [5.41, 5.74) is 2.24. The van der Waals surface area contributed by atoms with Crippen LogP contribution in [0.4, 0.5) is 0 Å². The lowest BCUT2D eigenvalue weighted by Crippen LogP contribution is -2.24. The Labute approximate surface area is 100 Å². The van der Waals surface area contributed by atoms with Gasteiger partial charge in [0.25, 0.3) is 0 Å². The summed E-state index contributed by atoms with van der Waals surface area (Å²) in [7, 11) is 0. The molecule has 0 unspecified atom stereocenters. The van der Waals surface area contributed by atoms with Crippen molar-refractivity contribution in [3.05, 3.63) is 35.9 Å². The lowest BCUT2D eigenvalue weighted by Gasteiger charge is -2.25. The number of phenols is 1. The number of phenolic OH excluding ortho intramolecular Hbond substituents is 1. The summed E-state index contributed by atoms with van der Waals surface area (Å²) in [4.78, 5) is 11.0. The van der Waals surface area contributed by atoms with Gasteiger partial charge in [-0.25, -0.2) is 0 Å². The van der Waals surface area contributed by atoms with Gasteiger partial charge >= 0.3 is 5.97 Å². The standard InChI is InChI=1S/C14H16O3/c1-9-8-11(4-7-13(9)14(16)17)10-2-5-12(15)6-3-10/h2-6,9,13,15H,7-8H2,1H3,(H,16,17)/t9-,13+/m0/s1. The van der Waals surface area contributed by atoms with Crippen LogP contribution in [0.1, 0.15) is 25.3 Å². The number of rotatable bonds is 2. The van der Waals surface area contributed by atoms with Gasteiger partial charge in [-0.05, 0) is 42.0 Å². The highest BCUT2D eigenvalue weighted by Crippen LogP contribution is 2.35. The molecule has 1 aliphatic rings. The second-order valence-electron chi connectivity index (χ2n) is 4.64. The molecule has 1 aromatic carbocycles. The smallest absolute Gasteiger partial charge is 0.307 e. The van der Waals surface area contributed by atoms with E-state index in [4.69, 9.17) is 5.11 Å². The van der Waals surface area contributed by atoms with Gasteiger partial charge in [0, 0.05) is 0 Å². The van der Waals surface area contributed by atoms with Crippen molar-refractivity contribution in [2.75, 3.05) is 0 Å². The molecule has 0 radical (unpaired) electrons. The summed E-state index contributed by atoms with van der Waals surface area (Å²) in [5.74, 6) is -0.572. The molecule has 3 nitrogen and oxygen atoms in total. The molecule has 2 rings (SSSR count). The molecule has 0 heterocycles. The molecule has 90 valence electrons. The molecule has 0 aliphatic heterocycles. The van der Waals surface area contributed by atoms with Crippen LogP contribution in [0, 0.1) is 11.8 Å². The van der Waals surface area contributed by atoms with E-state index in [1.54, 1.807) is 12.1 Å². The van der Waals surface area contributed by atoms with Crippen LogP contribution in [0.2, 0.25) is 0 Å². The Kier molecular flexibility index (Phi) is 3.18. The van der Waals surface area contributed by atoms with E-state index < -0.39 is 5.97 Å². The molecule has 0 fully saturated rings. The zero-order valence-electron chi connectivity index (χ0n) is 9.76. The average Bonchev–Trinajstić information content (AvgIpc) is 2.29. The number of hydrogen-bond donors (Lipinski definition) is 2. The quantitative estimate of drug-likeness (QED) is 0.824. The van der Waals surface area contributed by atoms with Crippen LogP contribution >= 0.6 is 0 Å². The fourth-order valence-corrected chi connectivity index (χ4v) is 2.33. The summed E-state index contributed by atoms with van der Waals surface area (Å²) < 4.78 is 0. The maximum absolute atomic E-state index is 11.0. The molecular weight excluding hydrogens is 216 g/mol. The number of benzene rings is 1. The molecule has 0 aromatic heterocycles. The molecule has 0 spiro atoms. The summed E-state index contributed by atoms with van der Waals surface area (Å²) in [6.07, 6.45) is 3.37. The Hall–Kier alpha value is -1.77. The molecule has 2 atom stereocenters. The molecule has 0 bridgehead atoms. The maximum atomic E-state index is 11.0. The van der Waals surface area contributed by atoms with E-state index in [-0.39, 0.29) is 17.6 Å². The van der Waals surface area contributed by atoms with Crippen LogP contribution in [0.3, 0.4) is 0 Å². The Balaban J connectivity index is 2.19. The summed E-state index contributed by atoms with van der Waals surface area (Å²) in [6.45, 7) is 1.98. The van der Waals surface area contributed by atoms with Gasteiger partial charge in [0.2, 0.25) is 0 Å². The molecular formula is C14H16O3. The van der Waals surface area contributed by atoms with Crippen LogP contribution in [-0.2, 0) is 4.79 Å². The number of aromatic hydroxyl groups is 1. The number of carboxylic acid groups (broad SMARTS) is 1. The first kappa shape index (κ1) is 11.7. The molecule has 17 heavy (non-hydrogen) atoms. The van der Waals surface area contributed by atoms with Crippen LogP contribution in [0.25, 0.3) is 5.57 Å². The fraction of sp³-hybridized carbons (Fsp3) is 0.357. The fourth-order valence-electron chi connectivity index (χ4n) is 2.33. The van der Waals surface area contributed by atoms with E-state index in [0.29, 0.717) is 6.42 Å². The topological polar surface area (TPSA) is 57.5 Å². The number of aliphatic carboxylic acids is 1. The van der Waals surface area contributed by atoms with Crippen molar-refractivity contribution in [1.29, 1.82) is 0 Å². The Morgan fingerprint density at radius 2 is 1.94 bits per heavy atom. The molecule has 1 aromatic rings. The van der Waals surface area contributed by atoms with Gasteiger partial charge in [0.15, 0.2) is 0 Å². The van der Waals surface area contributed by atoms with E-state index in [2.05, 4.69) is 0 Å². The van der Waals surface area contributed by atoms with Gasteiger partial charge < -0.3 is 10.2 Å². The third-order valence-corrected chi connectivity index (χ3v) is 3.40. The summed E-state index contributed by atoms with van der Waals surface area (Å²) >= 11 is 0. The van der Waals surface area contributed by atoms with Crippen molar-refractivity contribution < 1.29 is 15.0 Å². The second kappa shape index (κ2) is 4.62. The Morgan fingerprint density at radius 3 is 2.47 bits per heavy atom. The first-order valence-electron chi connectivity index (χ1n) is 5.79. The van der Waals surface area contributed by atoms with Crippen LogP contribution in [0.15, 0.2) is 30.3 Å². The molecule has 3 heteroatoms. The van der Waals surface area contributed by atoms with E-state index in [1.165, 1.54) is 5.57 Å². The van der Waals surface area contributed by atoms with E-state index in [0.717, 1.165) is 12.0 Å². The first-order valence-corrected chi connectivity index (χ1v) is 5.79. The predicted molar refractivity (Wildman–Crippen MR) is 65.6 cm³/mol. The third kappa shape index (κ3) is 2.49. The Morgan fingerprint density at radius 1 is 1.29 bits per heavy atom. The van der Waals surface area contributed by atoms with Gasteiger partial charge in [-0.1, -0.05) is 25.1 Å². The Bertz CT molecular complexity index is 445. The highest BCUT2D eigenvalue weighted by molar-refractivity contribution is 5.74. The highest BCUT2D eigenvalue weighted by Gasteiger charge is 2.28. The van der Waals surface area contributed by atoms with Crippen molar-refractivity contribution in [2.24, 2.45) is 11.8 Å². The number of carbonyl (C=O) groups is 1. The lowest BCUT2D eigenvalue weighted by atomic mass is 9.79. The normalized spacial score (nSPS) is 24.2. The SMILES string of the molecule is C[C@H]1CC(c2ccc(O)cc2)=CC[C@H]1C(=O)O. The average molecular weight is 232 g/mol. The summed E-state index contributed by atoms with van der Waals surface area (Å²) in [6, 6.07) is 7.05. The first-order chi connectivity index (χ1) is 8.08. The maximum Gasteiger partial charge on any atom is 0.307 e. The van der Waals surface area contributed by atoms with Crippen LogP contribution in [0.5, 0.6) is 5.75 Å². The monoisotopic (exact) mass is 232 g/mol. The molecule has 0 saturated heterocycles. The van der Waals surface area contributed by atoms with Gasteiger partial charge in [0.05, 0.1) is 5.92 Å². The number of hydrogen-bond acceptors (Lipinski definition) is 2. The van der Waals surface area contributed by atoms with Gasteiger partial charge in [-0.15, -0.1) is 0 Å². The molecule has 2 N–H and O–H groups in total. The third-order valence-electron chi connectivity index (χ3n) is 3.40. The van der Waals surface area contributed by atoms with Crippen LogP contribution < -0.4 is 0 Å².